The number of hydrogen-bond donors (Lipinski definition) is 1. The number of carbonyl (C=O) groups excluding carboxylic acids is 1. The minimum absolute atomic E-state index is 0.105. The first-order valence-electron chi connectivity index (χ1n) is 10.5. The molecule has 1 amide bonds. The summed E-state index contributed by atoms with van der Waals surface area (Å²) in [6.45, 7) is 7.95. The van der Waals surface area contributed by atoms with Crippen LogP contribution in [0.2, 0.25) is 0 Å². The summed E-state index contributed by atoms with van der Waals surface area (Å²) in [7, 11) is 0. The Hall–Kier alpha value is -3.39. The van der Waals surface area contributed by atoms with E-state index in [1.807, 2.05) is 70.2 Å². The van der Waals surface area contributed by atoms with Crippen LogP contribution in [0.25, 0.3) is 11.3 Å². The zero-order valence-corrected chi connectivity index (χ0v) is 19.3. The topological polar surface area (TPSA) is 81.3 Å². The number of hydrogen-bond acceptors (Lipinski definition) is 5. The molecule has 1 atom stereocenters. The van der Waals surface area contributed by atoms with Gasteiger partial charge >= 0.3 is 5.56 Å². The minimum Gasteiger partial charge on any atom is -0.325 e. The third kappa shape index (κ3) is 4.18. The van der Waals surface area contributed by atoms with Gasteiger partial charge in [-0.1, -0.05) is 43.0 Å². The summed E-state index contributed by atoms with van der Waals surface area (Å²) in [5, 5.41) is 11.4. The van der Waals surface area contributed by atoms with E-state index in [0.29, 0.717) is 11.6 Å². The lowest BCUT2D eigenvalue weighted by molar-refractivity contribution is -0.115. The molecule has 0 aliphatic rings. The summed E-state index contributed by atoms with van der Waals surface area (Å²) in [5.74, 6) is -0.105. The Morgan fingerprint density at radius 3 is 2.53 bits per heavy atom. The van der Waals surface area contributed by atoms with Crippen LogP contribution in [0.3, 0.4) is 0 Å². The number of thioether (sulfide) groups is 1. The van der Waals surface area contributed by atoms with Gasteiger partial charge in [-0.2, -0.15) is 0 Å². The number of nitrogens with one attached hydrogen (secondary N) is 1. The number of benzene rings is 2. The molecule has 0 aliphatic carbocycles. The van der Waals surface area contributed by atoms with E-state index in [4.69, 9.17) is 0 Å². The number of rotatable bonds is 6. The van der Waals surface area contributed by atoms with Crippen molar-refractivity contribution < 1.29 is 4.79 Å². The van der Waals surface area contributed by atoms with Crippen molar-refractivity contribution in [2.45, 2.75) is 44.5 Å². The lowest BCUT2D eigenvalue weighted by Gasteiger charge is -2.15. The van der Waals surface area contributed by atoms with Gasteiger partial charge in [-0.15, -0.1) is 10.2 Å². The van der Waals surface area contributed by atoms with Crippen molar-refractivity contribution in [3.8, 4) is 5.69 Å². The molecule has 1 N–H and O–H groups in total. The van der Waals surface area contributed by atoms with E-state index in [1.165, 1.54) is 17.3 Å². The molecule has 32 heavy (non-hydrogen) atoms. The molecule has 0 bridgehead atoms. The normalized spacial score (nSPS) is 12.1. The van der Waals surface area contributed by atoms with E-state index in [9.17, 15) is 9.59 Å². The summed E-state index contributed by atoms with van der Waals surface area (Å²) in [6, 6.07) is 13.5. The van der Waals surface area contributed by atoms with Gasteiger partial charge in [-0.25, -0.2) is 0 Å². The maximum Gasteiger partial charge on any atom is 0.300 e. The number of aromatic nitrogens is 4. The highest BCUT2D eigenvalue weighted by Crippen LogP contribution is 2.26. The molecule has 0 radical (unpaired) electrons. The fraction of sp³-hybridized carbons (Fsp3) is 0.250. The molecule has 164 valence electrons. The average molecular weight is 448 g/mol. The third-order valence-corrected chi connectivity index (χ3v) is 6.84. The predicted octanol–water partition coefficient (Wildman–Crippen LogP) is 4.31. The first-order chi connectivity index (χ1) is 15.4. The highest BCUT2D eigenvalue weighted by Gasteiger charge is 2.22. The molecule has 7 nitrogen and oxygen atoms in total. The van der Waals surface area contributed by atoms with Gasteiger partial charge in [0.05, 0.1) is 5.25 Å². The van der Waals surface area contributed by atoms with E-state index in [1.54, 1.807) is 21.4 Å². The fourth-order valence-electron chi connectivity index (χ4n) is 3.40. The van der Waals surface area contributed by atoms with Gasteiger partial charge in [0.15, 0.2) is 5.16 Å². The number of para-hydroxylation sites is 1. The lowest BCUT2D eigenvalue weighted by atomic mass is 10.1. The Kier molecular flexibility index (Phi) is 6.14. The highest BCUT2D eigenvalue weighted by molar-refractivity contribution is 8.00. The van der Waals surface area contributed by atoms with Crippen LogP contribution in [-0.2, 0) is 4.79 Å². The number of carbonyl (C=O) groups is 1. The summed E-state index contributed by atoms with van der Waals surface area (Å²) in [4.78, 5) is 25.9. The van der Waals surface area contributed by atoms with Crippen LogP contribution in [-0.4, -0.2) is 30.3 Å². The summed E-state index contributed by atoms with van der Waals surface area (Å²) in [6.07, 6.45) is 4.08. The monoisotopic (exact) mass is 447 g/mol. The summed E-state index contributed by atoms with van der Waals surface area (Å²) < 4.78 is 3.21. The van der Waals surface area contributed by atoms with Gasteiger partial charge in [0.1, 0.15) is 0 Å². The van der Waals surface area contributed by atoms with Crippen LogP contribution in [0, 0.1) is 20.8 Å². The Morgan fingerprint density at radius 2 is 1.81 bits per heavy atom. The van der Waals surface area contributed by atoms with Crippen molar-refractivity contribution in [3.63, 3.8) is 0 Å². The SMILES string of the molecule is CCC(Sc1nnc2c(=O)n(-c3ccc(C)c(C)c3)ccn12)C(=O)Nc1ccccc1C. The predicted molar refractivity (Wildman–Crippen MR) is 128 cm³/mol. The summed E-state index contributed by atoms with van der Waals surface area (Å²) in [5.41, 5.74) is 4.81. The standard InChI is InChI=1S/C24H25N5O2S/c1-5-20(22(30)25-19-9-7-6-8-16(19)3)32-24-27-26-21-23(31)28(12-13-29(21)24)18-11-10-15(2)17(4)14-18/h6-14,20H,5H2,1-4H3,(H,25,30). The van der Waals surface area contributed by atoms with Crippen molar-refractivity contribution in [1.82, 2.24) is 19.2 Å². The zero-order valence-electron chi connectivity index (χ0n) is 18.5. The number of aryl methyl sites for hydroxylation is 3. The van der Waals surface area contributed by atoms with Gasteiger partial charge in [0.2, 0.25) is 11.6 Å². The van der Waals surface area contributed by atoms with Crippen molar-refractivity contribution in [1.29, 1.82) is 0 Å². The lowest BCUT2D eigenvalue weighted by Crippen LogP contribution is -2.25. The number of nitrogens with zero attached hydrogens (tertiary/aromatic N) is 4. The van der Waals surface area contributed by atoms with Crippen LogP contribution >= 0.6 is 11.8 Å². The van der Waals surface area contributed by atoms with Crippen molar-refractivity contribution >= 4 is 29.0 Å². The van der Waals surface area contributed by atoms with Gasteiger partial charge in [0.25, 0.3) is 0 Å². The van der Waals surface area contributed by atoms with Crippen LogP contribution in [0.1, 0.15) is 30.0 Å². The second kappa shape index (κ2) is 9.00. The second-order valence-corrected chi connectivity index (χ2v) is 8.91. The van der Waals surface area contributed by atoms with Crippen LogP contribution < -0.4 is 10.9 Å². The average Bonchev–Trinajstić information content (AvgIpc) is 3.19. The van der Waals surface area contributed by atoms with Crippen molar-refractivity contribution in [2.24, 2.45) is 0 Å². The number of amides is 1. The van der Waals surface area contributed by atoms with Crippen LogP contribution in [0.15, 0.2) is 64.8 Å². The largest absolute Gasteiger partial charge is 0.325 e. The molecule has 2 heterocycles. The Balaban J connectivity index is 1.61. The molecule has 8 heteroatoms. The molecule has 0 fully saturated rings. The first-order valence-corrected chi connectivity index (χ1v) is 11.3. The maximum atomic E-state index is 13.1. The first kappa shape index (κ1) is 21.8. The molecule has 2 aromatic heterocycles. The number of anilines is 1. The fourth-order valence-corrected chi connectivity index (χ4v) is 4.34. The Labute approximate surface area is 190 Å². The zero-order chi connectivity index (χ0) is 22.8. The van der Waals surface area contributed by atoms with E-state index in [-0.39, 0.29) is 22.4 Å². The summed E-state index contributed by atoms with van der Waals surface area (Å²) >= 11 is 1.30. The molecule has 0 saturated heterocycles. The number of fused-ring (bicyclic) bond motifs is 1. The molecular weight excluding hydrogens is 422 g/mol. The molecule has 1 unspecified atom stereocenters. The molecular formula is C24H25N5O2S. The minimum atomic E-state index is -0.371. The quantitative estimate of drug-likeness (QED) is 0.445. The van der Waals surface area contributed by atoms with E-state index in [0.717, 1.165) is 22.5 Å². The van der Waals surface area contributed by atoms with Gasteiger partial charge in [-0.3, -0.25) is 18.6 Å². The maximum absolute atomic E-state index is 13.1. The van der Waals surface area contributed by atoms with E-state index >= 15 is 0 Å². The van der Waals surface area contributed by atoms with Crippen molar-refractivity contribution in [2.75, 3.05) is 5.32 Å². The molecule has 0 saturated carbocycles. The van der Waals surface area contributed by atoms with Crippen LogP contribution in [0.4, 0.5) is 5.69 Å². The Morgan fingerprint density at radius 1 is 1.03 bits per heavy atom. The van der Waals surface area contributed by atoms with Crippen LogP contribution in [0.5, 0.6) is 0 Å². The van der Waals surface area contributed by atoms with E-state index in [2.05, 4.69) is 15.5 Å². The molecule has 4 aromatic rings. The van der Waals surface area contributed by atoms with Gasteiger partial charge in [-0.05, 0) is 62.1 Å². The highest BCUT2D eigenvalue weighted by atomic mass is 32.2. The molecule has 4 rings (SSSR count). The Bertz CT molecular complexity index is 1360. The van der Waals surface area contributed by atoms with Gasteiger partial charge in [0, 0.05) is 23.8 Å². The van der Waals surface area contributed by atoms with Gasteiger partial charge < -0.3 is 5.32 Å². The molecule has 2 aromatic carbocycles. The van der Waals surface area contributed by atoms with E-state index < -0.39 is 0 Å². The smallest absolute Gasteiger partial charge is 0.300 e. The molecule has 0 aliphatic heterocycles. The third-order valence-electron chi connectivity index (χ3n) is 5.52. The molecule has 0 spiro atoms. The second-order valence-electron chi connectivity index (χ2n) is 7.74. The van der Waals surface area contributed by atoms with Crippen molar-refractivity contribution in [3.05, 3.63) is 81.9 Å².